The van der Waals surface area contributed by atoms with Gasteiger partial charge in [0.15, 0.2) is 0 Å². The first kappa shape index (κ1) is 16.7. The molecule has 1 aliphatic heterocycles. The maximum atomic E-state index is 13.6. The lowest BCUT2D eigenvalue weighted by Gasteiger charge is -2.31. The van der Waals surface area contributed by atoms with E-state index in [9.17, 15) is 9.18 Å². The second-order valence-corrected chi connectivity index (χ2v) is 6.35. The fourth-order valence-corrected chi connectivity index (χ4v) is 3.16. The Labute approximate surface area is 142 Å². The number of carbonyl (C=O) groups is 1. The minimum absolute atomic E-state index is 0.0313. The van der Waals surface area contributed by atoms with Crippen LogP contribution in [-0.2, 0) is 17.9 Å². The van der Waals surface area contributed by atoms with Gasteiger partial charge < -0.3 is 5.32 Å². The molecule has 0 aromatic heterocycles. The van der Waals surface area contributed by atoms with E-state index in [0.29, 0.717) is 5.56 Å². The van der Waals surface area contributed by atoms with Crippen LogP contribution in [0.15, 0.2) is 54.6 Å². The van der Waals surface area contributed by atoms with E-state index in [2.05, 4.69) is 34.5 Å². The number of piperidine rings is 1. The Bertz CT molecular complexity index is 666. The minimum Gasteiger partial charge on any atom is -0.352 e. The molecule has 126 valence electrons. The van der Waals surface area contributed by atoms with Crippen LogP contribution in [-0.4, -0.2) is 23.9 Å². The summed E-state index contributed by atoms with van der Waals surface area (Å²) in [5.74, 6) is -0.197. The van der Waals surface area contributed by atoms with E-state index >= 15 is 0 Å². The summed E-state index contributed by atoms with van der Waals surface area (Å²) in [6.45, 7) is 3.04. The van der Waals surface area contributed by atoms with Gasteiger partial charge in [-0.2, -0.15) is 0 Å². The molecule has 0 atom stereocenters. The summed E-state index contributed by atoms with van der Waals surface area (Å²) < 4.78 is 13.6. The lowest BCUT2D eigenvalue weighted by atomic mass is 9.95. The van der Waals surface area contributed by atoms with Crippen molar-refractivity contribution in [3.8, 4) is 0 Å². The van der Waals surface area contributed by atoms with Crippen molar-refractivity contribution in [2.24, 2.45) is 5.92 Å². The second kappa shape index (κ2) is 8.06. The summed E-state index contributed by atoms with van der Waals surface area (Å²) in [5, 5.41) is 2.88. The van der Waals surface area contributed by atoms with Crippen molar-refractivity contribution < 1.29 is 9.18 Å². The first-order valence-electron chi connectivity index (χ1n) is 8.50. The zero-order valence-corrected chi connectivity index (χ0v) is 13.7. The van der Waals surface area contributed by atoms with Gasteiger partial charge in [-0.25, -0.2) is 4.39 Å². The zero-order chi connectivity index (χ0) is 16.8. The van der Waals surface area contributed by atoms with Crippen molar-refractivity contribution in [1.29, 1.82) is 0 Å². The molecule has 0 radical (unpaired) electrons. The molecule has 4 heteroatoms. The highest BCUT2D eigenvalue weighted by Gasteiger charge is 2.24. The number of likely N-dealkylation sites (tertiary alicyclic amines) is 1. The largest absolute Gasteiger partial charge is 0.352 e. The molecular formula is C20H23FN2O. The van der Waals surface area contributed by atoms with Crippen molar-refractivity contribution in [2.45, 2.75) is 25.9 Å². The third kappa shape index (κ3) is 4.42. The summed E-state index contributed by atoms with van der Waals surface area (Å²) in [6.07, 6.45) is 1.71. The number of carbonyl (C=O) groups excluding carboxylic acids is 1. The Hall–Kier alpha value is -2.20. The fourth-order valence-electron chi connectivity index (χ4n) is 3.16. The zero-order valence-electron chi connectivity index (χ0n) is 13.7. The van der Waals surface area contributed by atoms with Crippen LogP contribution in [0, 0.1) is 11.7 Å². The molecule has 0 aliphatic carbocycles. The van der Waals surface area contributed by atoms with E-state index in [-0.39, 0.29) is 24.2 Å². The molecule has 1 amide bonds. The Morgan fingerprint density at radius 3 is 2.42 bits per heavy atom. The van der Waals surface area contributed by atoms with E-state index in [1.54, 1.807) is 18.2 Å². The number of benzene rings is 2. The average Bonchev–Trinajstić information content (AvgIpc) is 2.62. The molecule has 2 aromatic carbocycles. The first-order valence-corrected chi connectivity index (χ1v) is 8.50. The number of halogens is 1. The second-order valence-electron chi connectivity index (χ2n) is 6.35. The maximum absolute atomic E-state index is 13.6. The smallest absolute Gasteiger partial charge is 0.223 e. The monoisotopic (exact) mass is 326 g/mol. The average molecular weight is 326 g/mol. The van der Waals surface area contributed by atoms with Gasteiger partial charge in [0.1, 0.15) is 5.82 Å². The number of hydrogen-bond donors (Lipinski definition) is 1. The third-order valence-electron chi connectivity index (χ3n) is 4.62. The van der Waals surface area contributed by atoms with Crippen LogP contribution < -0.4 is 5.32 Å². The van der Waals surface area contributed by atoms with Crippen LogP contribution in [0.1, 0.15) is 24.0 Å². The molecule has 3 rings (SSSR count). The van der Waals surface area contributed by atoms with Gasteiger partial charge in [-0.3, -0.25) is 9.69 Å². The van der Waals surface area contributed by atoms with E-state index < -0.39 is 0 Å². The molecule has 24 heavy (non-hydrogen) atoms. The van der Waals surface area contributed by atoms with Gasteiger partial charge in [0, 0.05) is 24.6 Å². The Morgan fingerprint density at radius 2 is 1.71 bits per heavy atom. The van der Waals surface area contributed by atoms with E-state index in [4.69, 9.17) is 0 Å². The minimum atomic E-state index is -0.268. The highest BCUT2D eigenvalue weighted by molar-refractivity contribution is 5.78. The van der Waals surface area contributed by atoms with Crippen molar-refractivity contribution in [3.63, 3.8) is 0 Å². The normalized spacial score (nSPS) is 16.0. The van der Waals surface area contributed by atoms with Crippen LogP contribution in [0.25, 0.3) is 0 Å². The molecule has 2 aromatic rings. The molecule has 1 N–H and O–H groups in total. The highest BCUT2D eigenvalue weighted by Crippen LogP contribution is 2.19. The van der Waals surface area contributed by atoms with Gasteiger partial charge in [-0.1, -0.05) is 48.5 Å². The van der Waals surface area contributed by atoms with Gasteiger partial charge in [0.2, 0.25) is 5.91 Å². The van der Waals surface area contributed by atoms with Crippen molar-refractivity contribution in [3.05, 3.63) is 71.5 Å². The number of amides is 1. The molecule has 0 bridgehead atoms. The Kier molecular flexibility index (Phi) is 5.59. The van der Waals surface area contributed by atoms with Gasteiger partial charge in [-0.15, -0.1) is 0 Å². The summed E-state index contributed by atoms with van der Waals surface area (Å²) in [5.41, 5.74) is 1.84. The van der Waals surface area contributed by atoms with Crippen molar-refractivity contribution in [2.75, 3.05) is 13.1 Å². The van der Waals surface area contributed by atoms with Crippen LogP contribution >= 0.6 is 0 Å². The number of rotatable bonds is 5. The molecule has 1 aliphatic rings. The predicted octanol–water partition coefficient (Wildman–Crippen LogP) is 3.35. The van der Waals surface area contributed by atoms with E-state index in [0.717, 1.165) is 32.5 Å². The number of hydrogen-bond acceptors (Lipinski definition) is 2. The highest BCUT2D eigenvalue weighted by atomic mass is 19.1. The SMILES string of the molecule is O=C(NCc1ccccc1F)C1CCN(Cc2ccccc2)CC1. The molecule has 1 heterocycles. The fraction of sp³-hybridized carbons (Fsp3) is 0.350. The van der Waals surface area contributed by atoms with E-state index in [1.807, 2.05) is 6.07 Å². The van der Waals surface area contributed by atoms with Gasteiger partial charge in [0.25, 0.3) is 0 Å². The van der Waals surface area contributed by atoms with Crippen molar-refractivity contribution in [1.82, 2.24) is 10.2 Å². The first-order chi connectivity index (χ1) is 11.7. The molecular weight excluding hydrogens is 303 g/mol. The summed E-state index contributed by atoms with van der Waals surface area (Å²) in [4.78, 5) is 14.7. The molecule has 0 spiro atoms. The van der Waals surface area contributed by atoms with Gasteiger partial charge in [-0.05, 0) is 37.6 Å². The summed E-state index contributed by atoms with van der Waals surface area (Å²) in [6, 6.07) is 17.0. The maximum Gasteiger partial charge on any atom is 0.223 e. The van der Waals surface area contributed by atoms with Gasteiger partial charge >= 0.3 is 0 Å². The predicted molar refractivity (Wildman–Crippen MR) is 92.7 cm³/mol. The lowest BCUT2D eigenvalue weighted by Crippen LogP contribution is -2.40. The standard InChI is InChI=1S/C20H23FN2O/c21-19-9-5-4-8-18(19)14-22-20(24)17-10-12-23(13-11-17)15-16-6-2-1-3-7-16/h1-9,17H,10-15H2,(H,22,24). The Morgan fingerprint density at radius 1 is 1.04 bits per heavy atom. The lowest BCUT2D eigenvalue weighted by molar-refractivity contribution is -0.126. The van der Waals surface area contributed by atoms with Crippen molar-refractivity contribution >= 4 is 5.91 Å². The van der Waals surface area contributed by atoms with Crippen LogP contribution in [0.2, 0.25) is 0 Å². The molecule has 1 fully saturated rings. The molecule has 1 saturated heterocycles. The topological polar surface area (TPSA) is 32.3 Å². The Balaban J connectivity index is 1.44. The van der Waals surface area contributed by atoms with E-state index in [1.165, 1.54) is 11.6 Å². The molecule has 3 nitrogen and oxygen atoms in total. The molecule has 0 saturated carbocycles. The quantitative estimate of drug-likeness (QED) is 0.914. The van der Waals surface area contributed by atoms with Gasteiger partial charge in [0.05, 0.1) is 0 Å². The number of nitrogens with zero attached hydrogens (tertiary/aromatic N) is 1. The van der Waals surface area contributed by atoms with Crippen LogP contribution in [0.4, 0.5) is 4.39 Å². The summed E-state index contributed by atoms with van der Waals surface area (Å²) in [7, 11) is 0. The van der Waals surface area contributed by atoms with Crippen LogP contribution in [0.3, 0.4) is 0 Å². The molecule has 0 unspecified atom stereocenters. The summed E-state index contributed by atoms with van der Waals surface area (Å²) >= 11 is 0. The third-order valence-corrected chi connectivity index (χ3v) is 4.62. The van der Waals surface area contributed by atoms with Crippen LogP contribution in [0.5, 0.6) is 0 Å². The number of nitrogens with one attached hydrogen (secondary N) is 1.